The van der Waals surface area contributed by atoms with Crippen molar-refractivity contribution in [1.82, 2.24) is 9.97 Å². The van der Waals surface area contributed by atoms with Crippen molar-refractivity contribution in [3.8, 4) is 11.8 Å². The Morgan fingerprint density at radius 3 is 2.70 bits per heavy atom. The van der Waals surface area contributed by atoms with Crippen molar-refractivity contribution in [3.63, 3.8) is 0 Å². The number of carbonyl (C=O) groups excluding carboxylic acids is 1. The van der Waals surface area contributed by atoms with E-state index < -0.39 is 6.36 Å². The lowest BCUT2D eigenvalue weighted by molar-refractivity contribution is -0.274. The van der Waals surface area contributed by atoms with Gasteiger partial charge in [0.2, 0.25) is 0 Å². The molecule has 204 valence electrons. The number of methoxy groups -OCH3 is 1. The summed E-state index contributed by atoms with van der Waals surface area (Å²) in [4.78, 5) is 22.5. The van der Waals surface area contributed by atoms with Gasteiger partial charge in [-0.2, -0.15) is 9.97 Å². The summed E-state index contributed by atoms with van der Waals surface area (Å²) in [7, 11) is 1.51. The van der Waals surface area contributed by atoms with Crippen LogP contribution in [-0.2, 0) is 20.7 Å². The van der Waals surface area contributed by atoms with E-state index in [9.17, 15) is 18.0 Å². The van der Waals surface area contributed by atoms with Gasteiger partial charge in [0.05, 0.1) is 13.7 Å². The van der Waals surface area contributed by atoms with Gasteiger partial charge >= 0.3 is 18.3 Å². The van der Waals surface area contributed by atoms with Gasteiger partial charge in [0.25, 0.3) is 0 Å². The summed E-state index contributed by atoms with van der Waals surface area (Å²) in [6, 6.07) is 7.89. The van der Waals surface area contributed by atoms with Crippen LogP contribution < -0.4 is 19.7 Å². The number of aromatic nitrogens is 2. The highest BCUT2D eigenvalue weighted by Gasteiger charge is 2.31. The Balaban J connectivity index is 1.51. The molecular weight excluding hydrogens is 493 g/mol. The number of alkyl halides is 3. The van der Waals surface area contributed by atoms with Crippen molar-refractivity contribution in [2.45, 2.75) is 39.0 Å². The maximum atomic E-state index is 12.3. The Morgan fingerprint density at radius 2 is 2.00 bits per heavy atom. The lowest BCUT2D eigenvalue weighted by Gasteiger charge is -2.33. The Labute approximate surface area is 214 Å². The molecule has 1 aromatic heterocycles. The van der Waals surface area contributed by atoms with E-state index >= 15 is 0 Å². The third kappa shape index (κ3) is 9.95. The molecule has 1 aliphatic heterocycles. The predicted octanol–water partition coefficient (Wildman–Crippen LogP) is 4.22. The second-order valence-corrected chi connectivity index (χ2v) is 8.57. The van der Waals surface area contributed by atoms with Gasteiger partial charge in [-0.25, -0.2) is 4.79 Å². The van der Waals surface area contributed by atoms with Crippen LogP contribution in [0.4, 0.5) is 24.8 Å². The number of ether oxygens (including phenoxy) is 4. The van der Waals surface area contributed by atoms with E-state index in [2.05, 4.69) is 24.9 Å². The number of rotatable bonds is 13. The largest absolute Gasteiger partial charge is 0.573 e. The van der Waals surface area contributed by atoms with Crippen molar-refractivity contribution in [1.29, 1.82) is 0 Å². The Kier molecular flexibility index (Phi) is 10.6. The minimum absolute atomic E-state index is 0.0338. The summed E-state index contributed by atoms with van der Waals surface area (Å²) in [5, 5.41) is 3.24. The van der Waals surface area contributed by atoms with Crippen molar-refractivity contribution in [2.24, 2.45) is 5.92 Å². The molecule has 0 saturated carbocycles. The SMILES string of the molecule is CCOC(=O)COCCC1CCCN(c2cc(NCCc3ccc(OC(F)(F)F)cc3)nc(OC)n2)C1. The van der Waals surface area contributed by atoms with E-state index in [1.807, 2.05) is 6.07 Å². The molecular formula is C25H33F3N4O5. The van der Waals surface area contributed by atoms with Crippen LogP contribution in [0, 0.1) is 5.92 Å². The van der Waals surface area contributed by atoms with Crippen LogP contribution in [-0.4, -0.2) is 68.9 Å². The topological polar surface area (TPSA) is 95.0 Å². The van der Waals surface area contributed by atoms with Gasteiger partial charge in [-0.05, 0) is 56.2 Å². The molecule has 1 saturated heterocycles. The van der Waals surface area contributed by atoms with Crippen molar-refractivity contribution >= 4 is 17.6 Å². The third-order valence-corrected chi connectivity index (χ3v) is 5.79. The smallest absolute Gasteiger partial charge is 0.467 e. The summed E-state index contributed by atoms with van der Waals surface area (Å²) in [6.45, 7) is 4.72. The number of halogens is 3. The second-order valence-electron chi connectivity index (χ2n) is 8.57. The molecule has 0 radical (unpaired) electrons. The molecule has 1 unspecified atom stereocenters. The number of nitrogens with one attached hydrogen (secondary N) is 1. The number of hydrogen-bond donors (Lipinski definition) is 1. The molecule has 0 amide bonds. The average molecular weight is 527 g/mol. The van der Waals surface area contributed by atoms with Gasteiger partial charge in [0.1, 0.15) is 24.0 Å². The number of anilines is 2. The molecule has 2 aromatic rings. The molecule has 1 fully saturated rings. The normalized spacial score (nSPS) is 15.8. The molecule has 1 atom stereocenters. The lowest BCUT2D eigenvalue weighted by Crippen LogP contribution is -2.36. The van der Waals surface area contributed by atoms with Crippen LogP contribution >= 0.6 is 0 Å². The van der Waals surface area contributed by atoms with Crippen LogP contribution in [0.5, 0.6) is 11.8 Å². The zero-order valence-electron chi connectivity index (χ0n) is 21.1. The van der Waals surface area contributed by atoms with Gasteiger partial charge in [-0.15, -0.1) is 13.2 Å². The summed E-state index contributed by atoms with van der Waals surface area (Å²) in [5.41, 5.74) is 0.854. The first kappa shape index (κ1) is 28.3. The fourth-order valence-electron chi connectivity index (χ4n) is 4.07. The van der Waals surface area contributed by atoms with Crippen LogP contribution in [0.2, 0.25) is 0 Å². The maximum Gasteiger partial charge on any atom is 0.573 e. The van der Waals surface area contributed by atoms with E-state index in [4.69, 9.17) is 14.2 Å². The molecule has 0 spiro atoms. The average Bonchev–Trinajstić information content (AvgIpc) is 2.87. The molecule has 0 aliphatic carbocycles. The Hall–Kier alpha value is -3.28. The first-order valence-corrected chi connectivity index (χ1v) is 12.3. The molecule has 2 heterocycles. The molecule has 9 nitrogen and oxygen atoms in total. The minimum atomic E-state index is -4.71. The molecule has 37 heavy (non-hydrogen) atoms. The van der Waals surface area contributed by atoms with Crippen molar-refractivity contribution < 1.29 is 36.9 Å². The highest BCUT2D eigenvalue weighted by Crippen LogP contribution is 2.27. The van der Waals surface area contributed by atoms with E-state index in [0.717, 1.165) is 43.7 Å². The summed E-state index contributed by atoms with van der Waals surface area (Å²) >= 11 is 0. The monoisotopic (exact) mass is 526 g/mol. The summed E-state index contributed by atoms with van der Waals surface area (Å²) in [6.07, 6.45) is -1.23. The van der Waals surface area contributed by atoms with Crippen LogP contribution in [0.3, 0.4) is 0 Å². The zero-order chi connectivity index (χ0) is 26.7. The van der Waals surface area contributed by atoms with Crippen molar-refractivity contribution in [2.75, 3.05) is 56.8 Å². The number of hydrogen-bond acceptors (Lipinski definition) is 9. The molecule has 1 aliphatic rings. The highest BCUT2D eigenvalue weighted by atomic mass is 19.4. The Morgan fingerprint density at radius 1 is 1.22 bits per heavy atom. The predicted molar refractivity (Wildman–Crippen MR) is 131 cm³/mol. The first-order valence-electron chi connectivity index (χ1n) is 12.3. The fourth-order valence-corrected chi connectivity index (χ4v) is 4.07. The summed E-state index contributed by atoms with van der Waals surface area (Å²) < 4.78 is 56.5. The summed E-state index contributed by atoms with van der Waals surface area (Å²) in [5.74, 6) is 1.14. The first-order chi connectivity index (χ1) is 17.8. The number of esters is 1. The highest BCUT2D eigenvalue weighted by molar-refractivity contribution is 5.70. The quantitative estimate of drug-likeness (QED) is 0.304. The fraction of sp³-hybridized carbons (Fsp3) is 0.560. The van der Waals surface area contributed by atoms with Gasteiger partial charge in [-0.3, -0.25) is 0 Å². The van der Waals surface area contributed by atoms with E-state index in [1.165, 1.54) is 19.2 Å². The second kappa shape index (κ2) is 13.9. The standard InChI is InChI=1S/C25H33F3N4O5/c1-3-36-23(33)17-35-14-11-19-5-4-13-32(16-19)22-15-21(30-24(31-22)34-2)29-12-10-18-6-8-20(9-7-18)37-25(26,27)28/h6-9,15,19H,3-5,10-14,16-17H2,1-2H3,(H,29,30,31). The van der Waals surface area contributed by atoms with Crippen LogP contribution in [0.15, 0.2) is 30.3 Å². The molecule has 3 rings (SSSR count). The minimum Gasteiger partial charge on any atom is -0.467 e. The lowest BCUT2D eigenvalue weighted by atomic mass is 9.95. The van der Waals surface area contributed by atoms with E-state index in [-0.39, 0.29) is 24.3 Å². The number of carbonyl (C=O) groups is 1. The molecule has 1 N–H and O–H groups in total. The zero-order valence-corrected chi connectivity index (χ0v) is 21.1. The van der Waals surface area contributed by atoms with Crippen molar-refractivity contribution in [3.05, 3.63) is 35.9 Å². The number of piperidine rings is 1. The van der Waals surface area contributed by atoms with E-state index in [1.54, 1.807) is 19.1 Å². The van der Waals surface area contributed by atoms with Gasteiger partial charge < -0.3 is 29.2 Å². The Bertz CT molecular complexity index is 991. The van der Waals surface area contributed by atoms with Gasteiger partial charge in [0.15, 0.2) is 0 Å². The molecule has 12 heteroatoms. The number of nitrogens with zero attached hydrogens (tertiary/aromatic N) is 3. The molecule has 0 bridgehead atoms. The maximum absolute atomic E-state index is 12.3. The van der Waals surface area contributed by atoms with E-state index in [0.29, 0.717) is 37.9 Å². The van der Waals surface area contributed by atoms with Crippen LogP contribution in [0.1, 0.15) is 31.7 Å². The molecule has 1 aromatic carbocycles. The van der Waals surface area contributed by atoms with Gasteiger partial charge in [0, 0.05) is 32.3 Å². The van der Waals surface area contributed by atoms with Gasteiger partial charge in [-0.1, -0.05) is 12.1 Å². The van der Waals surface area contributed by atoms with Crippen LogP contribution in [0.25, 0.3) is 0 Å². The third-order valence-electron chi connectivity index (χ3n) is 5.79. The number of benzene rings is 1.